The number of aromatic nitrogens is 2. The molecule has 1 aliphatic heterocycles. The molecule has 0 saturated carbocycles. The summed E-state index contributed by atoms with van der Waals surface area (Å²) in [4.78, 5) is 14.2. The number of carbonyl (C=O) groups excluding carboxylic acids is 1. The molecule has 1 N–H and O–H groups in total. The summed E-state index contributed by atoms with van der Waals surface area (Å²) in [5, 5.41) is 10.9. The van der Waals surface area contributed by atoms with Crippen LogP contribution in [0.3, 0.4) is 0 Å². The maximum Gasteiger partial charge on any atom is 0.254 e. The smallest absolute Gasteiger partial charge is 0.254 e. The van der Waals surface area contributed by atoms with E-state index in [1.807, 2.05) is 27.8 Å². The largest absolute Gasteiger partial charge is 0.338 e. The van der Waals surface area contributed by atoms with E-state index in [9.17, 15) is 4.79 Å². The molecular formula is C13H15N3OS. The number of thiophene rings is 1. The van der Waals surface area contributed by atoms with E-state index in [0.29, 0.717) is 5.92 Å². The Bertz CT molecular complexity index is 506. The van der Waals surface area contributed by atoms with Crippen LogP contribution in [0, 0.1) is 0 Å². The highest BCUT2D eigenvalue weighted by atomic mass is 32.1. The van der Waals surface area contributed by atoms with Crippen LogP contribution < -0.4 is 0 Å². The Kier molecular flexibility index (Phi) is 3.15. The molecule has 1 aliphatic rings. The Balaban J connectivity index is 1.73. The molecule has 0 aliphatic carbocycles. The number of amides is 1. The average Bonchev–Trinajstić information content (AvgIpc) is 3.11. The van der Waals surface area contributed by atoms with Crippen LogP contribution in [-0.2, 0) is 0 Å². The van der Waals surface area contributed by atoms with E-state index in [4.69, 9.17) is 0 Å². The lowest BCUT2D eigenvalue weighted by Crippen LogP contribution is -2.39. The first-order valence-corrected chi connectivity index (χ1v) is 7.09. The van der Waals surface area contributed by atoms with E-state index < -0.39 is 0 Å². The first-order valence-electron chi connectivity index (χ1n) is 6.15. The molecule has 1 unspecified atom stereocenters. The minimum atomic E-state index is 0.153. The molecule has 1 amide bonds. The van der Waals surface area contributed by atoms with Crippen LogP contribution in [0.5, 0.6) is 0 Å². The molecule has 0 spiro atoms. The van der Waals surface area contributed by atoms with Gasteiger partial charge in [0.05, 0.1) is 5.56 Å². The van der Waals surface area contributed by atoms with E-state index in [-0.39, 0.29) is 5.91 Å². The second kappa shape index (κ2) is 4.94. The van der Waals surface area contributed by atoms with E-state index in [1.54, 1.807) is 17.5 Å². The lowest BCUT2D eigenvalue weighted by Gasteiger charge is -2.32. The minimum absolute atomic E-state index is 0.153. The molecule has 3 rings (SSSR count). The number of rotatable bonds is 2. The number of aromatic amines is 1. The highest BCUT2D eigenvalue weighted by Crippen LogP contribution is 2.26. The van der Waals surface area contributed by atoms with Crippen molar-refractivity contribution in [2.75, 3.05) is 13.1 Å². The molecule has 1 fully saturated rings. The molecule has 94 valence electrons. The summed E-state index contributed by atoms with van der Waals surface area (Å²) in [6.45, 7) is 1.65. The molecule has 0 bridgehead atoms. The first-order chi connectivity index (χ1) is 8.84. The van der Waals surface area contributed by atoms with Crippen molar-refractivity contribution in [3.05, 3.63) is 40.3 Å². The van der Waals surface area contributed by atoms with Crippen molar-refractivity contribution < 1.29 is 4.79 Å². The maximum absolute atomic E-state index is 12.3. The molecule has 2 aromatic rings. The van der Waals surface area contributed by atoms with Crippen molar-refractivity contribution in [2.45, 2.75) is 18.8 Å². The van der Waals surface area contributed by atoms with E-state index in [0.717, 1.165) is 37.2 Å². The number of carbonyl (C=O) groups is 1. The van der Waals surface area contributed by atoms with Crippen LogP contribution >= 0.6 is 11.3 Å². The van der Waals surface area contributed by atoms with E-state index in [1.165, 1.54) is 0 Å². The van der Waals surface area contributed by atoms with Crippen molar-refractivity contribution in [1.29, 1.82) is 0 Å². The molecule has 18 heavy (non-hydrogen) atoms. The summed E-state index contributed by atoms with van der Waals surface area (Å²) in [6.07, 6.45) is 3.95. The highest BCUT2D eigenvalue weighted by Gasteiger charge is 2.26. The summed E-state index contributed by atoms with van der Waals surface area (Å²) in [6, 6.07) is 3.90. The molecule has 1 saturated heterocycles. The van der Waals surface area contributed by atoms with E-state index in [2.05, 4.69) is 10.2 Å². The Morgan fingerprint density at radius 3 is 3.17 bits per heavy atom. The third-order valence-corrected chi connectivity index (χ3v) is 4.12. The van der Waals surface area contributed by atoms with Crippen molar-refractivity contribution >= 4 is 17.2 Å². The predicted octanol–water partition coefficient (Wildman–Crippen LogP) is 2.49. The Morgan fingerprint density at radius 2 is 2.44 bits per heavy atom. The SMILES string of the molecule is O=C(c1ccsc1)N1CCCC(c2ccn[nH]2)C1. The van der Waals surface area contributed by atoms with Crippen molar-refractivity contribution in [2.24, 2.45) is 0 Å². The third-order valence-electron chi connectivity index (χ3n) is 3.44. The van der Waals surface area contributed by atoms with Crippen molar-refractivity contribution in [3.8, 4) is 0 Å². The van der Waals surface area contributed by atoms with Gasteiger partial charge in [-0.2, -0.15) is 16.4 Å². The number of hydrogen-bond acceptors (Lipinski definition) is 3. The van der Waals surface area contributed by atoms with Crippen LogP contribution in [0.25, 0.3) is 0 Å². The zero-order valence-electron chi connectivity index (χ0n) is 10.0. The van der Waals surface area contributed by atoms with Gasteiger partial charge in [-0.3, -0.25) is 9.89 Å². The van der Waals surface area contributed by atoms with Gasteiger partial charge in [0.15, 0.2) is 0 Å². The van der Waals surface area contributed by atoms with Crippen LogP contribution in [0.4, 0.5) is 0 Å². The summed E-state index contributed by atoms with van der Waals surface area (Å²) in [5.41, 5.74) is 1.95. The lowest BCUT2D eigenvalue weighted by molar-refractivity contribution is 0.0706. The topological polar surface area (TPSA) is 49.0 Å². The third kappa shape index (κ3) is 2.18. The second-order valence-corrected chi connectivity index (χ2v) is 5.39. The van der Waals surface area contributed by atoms with Gasteiger partial charge in [-0.05, 0) is 30.4 Å². The van der Waals surface area contributed by atoms with E-state index >= 15 is 0 Å². The van der Waals surface area contributed by atoms with Gasteiger partial charge in [-0.1, -0.05) is 0 Å². The summed E-state index contributed by atoms with van der Waals surface area (Å²) in [7, 11) is 0. The molecule has 4 nitrogen and oxygen atoms in total. The molecule has 5 heteroatoms. The van der Waals surface area contributed by atoms with Gasteiger partial charge < -0.3 is 4.90 Å². The van der Waals surface area contributed by atoms with Gasteiger partial charge in [-0.25, -0.2) is 0 Å². The van der Waals surface area contributed by atoms with Gasteiger partial charge in [-0.15, -0.1) is 0 Å². The summed E-state index contributed by atoms with van der Waals surface area (Å²) >= 11 is 1.57. The normalized spacial score (nSPS) is 20.0. The van der Waals surface area contributed by atoms with Crippen LogP contribution in [0.15, 0.2) is 29.1 Å². The van der Waals surface area contributed by atoms with Crippen molar-refractivity contribution in [1.82, 2.24) is 15.1 Å². The van der Waals surface area contributed by atoms with Gasteiger partial charge in [0, 0.05) is 36.3 Å². The Labute approximate surface area is 110 Å². The van der Waals surface area contributed by atoms with Gasteiger partial charge in [0.1, 0.15) is 0 Å². The molecule has 0 radical (unpaired) electrons. The predicted molar refractivity (Wildman–Crippen MR) is 70.8 cm³/mol. The molecule has 0 aromatic carbocycles. The number of hydrogen-bond donors (Lipinski definition) is 1. The van der Waals surface area contributed by atoms with Crippen LogP contribution in [-0.4, -0.2) is 34.1 Å². The maximum atomic E-state index is 12.3. The fourth-order valence-electron chi connectivity index (χ4n) is 2.48. The number of H-pyrrole nitrogens is 1. The molecule has 3 heterocycles. The standard InChI is InChI=1S/C13H15N3OS/c17-13(11-4-7-18-9-11)16-6-1-2-10(8-16)12-3-5-14-15-12/h3-5,7,9-10H,1-2,6,8H2,(H,14,15). The zero-order valence-corrected chi connectivity index (χ0v) is 10.8. The Morgan fingerprint density at radius 1 is 1.50 bits per heavy atom. The monoisotopic (exact) mass is 261 g/mol. The summed E-state index contributed by atoms with van der Waals surface area (Å²) in [5.74, 6) is 0.546. The van der Waals surface area contributed by atoms with Gasteiger partial charge in [0.25, 0.3) is 5.91 Å². The molecule has 2 aromatic heterocycles. The van der Waals surface area contributed by atoms with Gasteiger partial charge >= 0.3 is 0 Å². The van der Waals surface area contributed by atoms with Crippen LogP contribution in [0.2, 0.25) is 0 Å². The highest BCUT2D eigenvalue weighted by molar-refractivity contribution is 7.08. The van der Waals surface area contributed by atoms with Crippen LogP contribution in [0.1, 0.15) is 34.8 Å². The number of nitrogens with zero attached hydrogens (tertiary/aromatic N) is 2. The average molecular weight is 261 g/mol. The number of piperidine rings is 1. The quantitative estimate of drug-likeness (QED) is 0.903. The summed E-state index contributed by atoms with van der Waals surface area (Å²) < 4.78 is 0. The number of likely N-dealkylation sites (tertiary alicyclic amines) is 1. The van der Waals surface area contributed by atoms with Crippen molar-refractivity contribution in [3.63, 3.8) is 0 Å². The zero-order chi connectivity index (χ0) is 12.4. The molecule has 1 atom stereocenters. The first kappa shape index (κ1) is 11.5. The number of nitrogens with one attached hydrogen (secondary N) is 1. The lowest BCUT2D eigenvalue weighted by atomic mass is 9.94. The fraction of sp³-hybridized carbons (Fsp3) is 0.385. The van der Waals surface area contributed by atoms with Gasteiger partial charge in [0.2, 0.25) is 0 Å². The minimum Gasteiger partial charge on any atom is -0.338 e. The fourth-order valence-corrected chi connectivity index (χ4v) is 3.11. The second-order valence-electron chi connectivity index (χ2n) is 4.61. The molecular weight excluding hydrogens is 246 g/mol. The Hall–Kier alpha value is -1.62.